The van der Waals surface area contributed by atoms with Crippen molar-refractivity contribution in [1.29, 1.82) is 0 Å². The van der Waals surface area contributed by atoms with Crippen LogP contribution in [0.15, 0.2) is 54.6 Å². The summed E-state index contributed by atoms with van der Waals surface area (Å²) in [4.78, 5) is 24.6. The molecule has 27 heavy (non-hydrogen) atoms. The molecule has 1 aliphatic heterocycles. The van der Waals surface area contributed by atoms with E-state index in [4.69, 9.17) is 14.2 Å². The van der Waals surface area contributed by atoms with Gasteiger partial charge >= 0.3 is 11.9 Å². The van der Waals surface area contributed by atoms with Crippen LogP contribution in [-0.4, -0.2) is 35.8 Å². The summed E-state index contributed by atoms with van der Waals surface area (Å²) in [5.74, 6) is -1.25. The van der Waals surface area contributed by atoms with Crippen molar-refractivity contribution in [1.82, 2.24) is 0 Å². The lowest BCUT2D eigenvalue weighted by atomic mass is 9.93. The Kier molecular flexibility index (Phi) is 5.62. The standard InChI is InChI=1S/C20H18BrFO5/c1-20(22)16(27-17(23)12-8-4-3-5-9-12)15(26-19(20)21)13-10-6-7-11-14(13)18(24)25-2/h3-11,15-16,19H,1-2H3/t15-,16-,19-,20-/m1/s1. The Balaban J connectivity index is 1.97. The Bertz CT molecular complexity index is 839. The van der Waals surface area contributed by atoms with Crippen molar-refractivity contribution in [2.24, 2.45) is 0 Å². The quantitative estimate of drug-likeness (QED) is 0.530. The number of hydrogen-bond acceptors (Lipinski definition) is 5. The molecule has 4 atom stereocenters. The molecule has 5 nitrogen and oxygen atoms in total. The Morgan fingerprint density at radius 1 is 1.07 bits per heavy atom. The van der Waals surface area contributed by atoms with Crippen molar-refractivity contribution in [3.8, 4) is 0 Å². The zero-order valence-electron chi connectivity index (χ0n) is 14.7. The molecule has 1 heterocycles. The number of carbonyl (C=O) groups is 2. The van der Waals surface area contributed by atoms with Gasteiger partial charge in [0.1, 0.15) is 6.10 Å². The number of hydrogen-bond donors (Lipinski definition) is 0. The van der Waals surface area contributed by atoms with Gasteiger partial charge in [0.15, 0.2) is 16.8 Å². The van der Waals surface area contributed by atoms with Crippen molar-refractivity contribution < 1.29 is 28.2 Å². The fourth-order valence-corrected chi connectivity index (χ4v) is 3.46. The molecule has 3 rings (SSSR count). The summed E-state index contributed by atoms with van der Waals surface area (Å²) in [5, 5.41) is -1.02. The fraction of sp³-hybridized carbons (Fsp3) is 0.300. The van der Waals surface area contributed by atoms with Crippen LogP contribution >= 0.6 is 15.9 Å². The minimum Gasteiger partial charge on any atom is -0.465 e. The highest BCUT2D eigenvalue weighted by Crippen LogP contribution is 2.47. The lowest BCUT2D eigenvalue weighted by Gasteiger charge is -2.26. The molecule has 0 N–H and O–H groups in total. The van der Waals surface area contributed by atoms with Gasteiger partial charge in [0.25, 0.3) is 0 Å². The summed E-state index contributed by atoms with van der Waals surface area (Å²) >= 11 is 3.16. The first kappa shape index (κ1) is 19.5. The first-order valence-electron chi connectivity index (χ1n) is 8.28. The molecule has 0 saturated carbocycles. The summed E-state index contributed by atoms with van der Waals surface area (Å²) in [6.45, 7) is 1.29. The molecule has 2 aromatic carbocycles. The van der Waals surface area contributed by atoms with Crippen LogP contribution in [-0.2, 0) is 14.2 Å². The van der Waals surface area contributed by atoms with Gasteiger partial charge in [-0.25, -0.2) is 14.0 Å². The molecule has 142 valence electrons. The van der Waals surface area contributed by atoms with Crippen molar-refractivity contribution in [2.45, 2.75) is 29.8 Å². The van der Waals surface area contributed by atoms with Crippen LogP contribution in [0.4, 0.5) is 4.39 Å². The van der Waals surface area contributed by atoms with Crippen LogP contribution < -0.4 is 0 Å². The lowest BCUT2D eigenvalue weighted by molar-refractivity contribution is -0.0246. The molecule has 1 fully saturated rings. The van der Waals surface area contributed by atoms with Crippen LogP contribution in [0.3, 0.4) is 0 Å². The molecule has 0 spiro atoms. The Labute approximate surface area is 164 Å². The average Bonchev–Trinajstić information content (AvgIpc) is 2.91. The number of carbonyl (C=O) groups excluding carboxylic acids is 2. The van der Waals surface area contributed by atoms with E-state index < -0.39 is 34.8 Å². The molecular weight excluding hydrogens is 419 g/mol. The number of halogens is 2. The molecule has 2 aromatic rings. The van der Waals surface area contributed by atoms with Crippen LogP contribution in [0.5, 0.6) is 0 Å². The maximum absolute atomic E-state index is 15.3. The second-order valence-corrected chi connectivity index (χ2v) is 7.13. The smallest absolute Gasteiger partial charge is 0.338 e. The number of esters is 2. The lowest BCUT2D eigenvalue weighted by Crippen LogP contribution is -2.41. The SMILES string of the molecule is COC(=O)c1ccccc1[C@H]1O[C@@H](Br)[C@](C)(F)[C@@H]1OC(=O)c1ccccc1. The summed E-state index contributed by atoms with van der Waals surface area (Å²) in [5.41, 5.74) is -1.10. The highest BCUT2D eigenvalue weighted by molar-refractivity contribution is 9.09. The van der Waals surface area contributed by atoms with Crippen molar-refractivity contribution in [3.63, 3.8) is 0 Å². The summed E-state index contributed by atoms with van der Waals surface area (Å²) in [6.07, 6.45) is -2.24. The van der Waals surface area contributed by atoms with Crippen LogP contribution in [0.25, 0.3) is 0 Å². The van der Waals surface area contributed by atoms with Crippen LogP contribution in [0, 0.1) is 0 Å². The topological polar surface area (TPSA) is 61.8 Å². The average molecular weight is 437 g/mol. The number of ether oxygens (including phenoxy) is 3. The minimum atomic E-state index is -2.02. The third-order valence-corrected chi connectivity index (χ3v) is 5.57. The van der Waals surface area contributed by atoms with Gasteiger partial charge in [-0.05, 0) is 30.7 Å². The highest BCUT2D eigenvalue weighted by atomic mass is 79.9. The molecule has 7 heteroatoms. The molecule has 0 radical (unpaired) electrons. The molecule has 1 saturated heterocycles. The second kappa shape index (κ2) is 7.78. The van der Waals surface area contributed by atoms with Gasteiger partial charge in [0.05, 0.1) is 18.2 Å². The van der Waals surface area contributed by atoms with Crippen molar-refractivity contribution in [2.75, 3.05) is 7.11 Å². The van der Waals surface area contributed by atoms with Gasteiger partial charge in [0, 0.05) is 0 Å². The number of methoxy groups -OCH3 is 1. The molecule has 0 bridgehead atoms. The zero-order valence-corrected chi connectivity index (χ0v) is 16.3. The molecule has 0 unspecified atom stereocenters. The fourth-order valence-electron chi connectivity index (χ4n) is 2.97. The van der Waals surface area contributed by atoms with Gasteiger partial charge < -0.3 is 14.2 Å². The summed E-state index contributed by atoms with van der Waals surface area (Å²) in [6, 6.07) is 14.8. The molecular formula is C20H18BrFO5. The predicted octanol–water partition coefficient (Wildman–Crippen LogP) is 4.22. The highest BCUT2D eigenvalue weighted by Gasteiger charge is 2.57. The van der Waals surface area contributed by atoms with Crippen molar-refractivity contribution in [3.05, 3.63) is 71.3 Å². The number of alkyl halides is 2. The first-order chi connectivity index (χ1) is 12.9. The largest absolute Gasteiger partial charge is 0.465 e. The third kappa shape index (κ3) is 3.75. The first-order valence-corrected chi connectivity index (χ1v) is 9.19. The van der Waals surface area contributed by atoms with E-state index in [9.17, 15) is 9.59 Å². The molecule has 0 amide bonds. The van der Waals surface area contributed by atoms with Gasteiger partial charge in [-0.3, -0.25) is 0 Å². The maximum Gasteiger partial charge on any atom is 0.338 e. The van der Waals surface area contributed by atoms with E-state index in [2.05, 4.69) is 15.9 Å². The van der Waals surface area contributed by atoms with E-state index in [-0.39, 0.29) is 5.56 Å². The predicted molar refractivity (Wildman–Crippen MR) is 99.5 cm³/mol. The van der Waals surface area contributed by atoms with Crippen LogP contribution in [0.2, 0.25) is 0 Å². The Morgan fingerprint density at radius 2 is 1.70 bits per heavy atom. The zero-order chi connectivity index (χ0) is 19.6. The normalized spacial score (nSPS) is 27.2. The third-order valence-electron chi connectivity index (χ3n) is 4.46. The van der Waals surface area contributed by atoms with E-state index in [0.717, 1.165) is 0 Å². The van der Waals surface area contributed by atoms with E-state index in [1.807, 2.05) is 0 Å². The van der Waals surface area contributed by atoms with Gasteiger partial charge in [-0.1, -0.05) is 52.3 Å². The monoisotopic (exact) mass is 436 g/mol. The van der Waals surface area contributed by atoms with Gasteiger partial charge in [-0.15, -0.1) is 0 Å². The molecule has 0 aromatic heterocycles. The van der Waals surface area contributed by atoms with E-state index in [1.54, 1.807) is 54.6 Å². The van der Waals surface area contributed by atoms with E-state index >= 15 is 4.39 Å². The van der Waals surface area contributed by atoms with Crippen molar-refractivity contribution >= 4 is 27.9 Å². The molecule has 1 aliphatic rings. The Morgan fingerprint density at radius 3 is 2.37 bits per heavy atom. The van der Waals surface area contributed by atoms with E-state index in [1.165, 1.54) is 14.0 Å². The summed E-state index contributed by atoms with van der Waals surface area (Å²) in [7, 11) is 1.26. The molecule has 0 aliphatic carbocycles. The van der Waals surface area contributed by atoms with Gasteiger partial charge in [0.2, 0.25) is 0 Å². The van der Waals surface area contributed by atoms with Crippen LogP contribution in [0.1, 0.15) is 39.3 Å². The maximum atomic E-state index is 15.3. The number of rotatable bonds is 4. The summed E-state index contributed by atoms with van der Waals surface area (Å²) < 4.78 is 31.3. The van der Waals surface area contributed by atoms with E-state index in [0.29, 0.717) is 11.1 Å². The second-order valence-electron chi connectivity index (χ2n) is 6.29. The van der Waals surface area contributed by atoms with Gasteiger partial charge in [-0.2, -0.15) is 0 Å². The minimum absolute atomic E-state index is 0.225. The number of benzene rings is 2. The Hall–Kier alpha value is -2.25.